The zero-order valence-electron chi connectivity index (χ0n) is 12.0. The Kier molecular flexibility index (Phi) is 4.29. The highest BCUT2D eigenvalue weighted by molar-refractivity contribution is 5.07. The predicted octanol–water partition coefficient (Wildman–Crippen LogP) is 1.54. The summed E-state index contributed by atoms with van der Waals surface area (Å²) in [5.41, 5.74) is -0.0531. The molecule has 1 heterocycles. The van der Waals surface area contributed by atoms with E-state index in [0.29, 0.717) is 18.1 Å². The number of ether oxygens (including phenoxy) is 1. The van der Waals surface area contributed by atoms with E-state index in [9.17, 15) is 4.79 Å². The van der Waals surface area contributed by atoms with Crippen LogP contribution in [0.15, 0.2) is 10.9 Å². The number of nitrogens with zero attached hydrogens (tertiary/aromatic N) is 1. The minimum absolute atomic E-state index is 0.0127. The number of rotatable bonds is 4. The van der Waals surface area contributed by atoms with E-state index in [0.717, 1.165) is 0 Å². The lowest BCUT2D eigenvalue weighted by Crippen LogP contribution is -2.36. The molecule has 5 nitrogen and oxygen atoms in total. The number of methoxy groups -OCH3 is 1. The lowest BCUT2D eigenvalue weighted by atomic mass is 10.1. The molecule has 0 spiro atoms. The van der Waals surface area contributed by atoms with Crippen LogP contribution in [0.2, 0.25) is 0 Å². The Labute approximate surface area is 108 Å². The van der Waals surface area contributed by atoms with Crippen LogP contribution in [0.3, 0.4) is 0 Å². The molecule has 0 atom stereocenters. The molecular weight excluding hydrogens is 230 g/mol. The number of H-pyrrole nitrogens is 1. The Morgan fingerprint density at radius 1 is 1.33 bits per heavy atom. The van der Waals surface area contributed by atoms with E-state index in [2.05, 4.69) is 36.1 Å². The summed E-state index contributed by atoms with van der Waals surface area (Å²) in [6, 6.07) is 1.51. The van der Waals surface area contributed by atoms with E-state index in [1.807, 2.05) is 13.8 Å². The van der Waals surface area contributed by atoms with Gasteiger partial charge in [-0.3, -0.25) is 4.79 Å². The Balaban J connectivity index is 2.99. The maximum atomic E-state index is 11.6. The molecule has 18 heavy (non-hydrogen) atoms. The summed E-state index contributed by atoms with van der Waals surface area (Å²) >= 11 is 0. The predicted molar refractivity (Wildman–Crippen MR) is 71.5 cm³/mol. The van der Waals surface area contributed by atoms with Crippen molar-refractivity contribution < 1.29 is 4.74 Å². The van der Waals surface area contributed by atoms with Gasteiger partial charge in [-0.2, -0.15) is 0 Å². The zero-order valence-corrected chi connectivity index (χ0v) is 12.0. The standard InChI is InChI=1S/C13H23N3O2/c1-12(2,3)14-8-9-7-10(17)16-11(15-9)13(4,5)18-6/h7,14H,8H2,1-6H3,(H,15,16,17). The highest BCUT2D eigenvalue weighted by atomic mass is 16.5. The summed E-state index contributed by atoms with van der Waals surface area (Å²) in [7, 11) is 1.60. The summed E-state index contributed by atoms with van der Waals surface area (Å²) in [6.07, 6.45) is 0. The summed E-state index contributed by atoms with van der Waals surface area (Å²) in [6.45, 7) is 10.5. The highest BCUT2D eigenvalue weighted by Crippen LogP contribution is 2.18. The van der Waals surface area contributed by atoms with Gasteiger partial charge in [-0.25, -0.2) is 4.98 Å². The van der Waals surface area contributed by atoms with Crippen molar-refractivity contribution in [3.63, 3.8) is 0 Å². The minimum atomic E-state index is -0.600. The third kappa shape index (κ3) is 4.23. The van der Waals surface area contributed by atoms with Gasteiger partial charge in [0.2, 0.25) is 0 Å². The SMILES string of the molecule is COC(C)(C)c1nc(CNC(C)(C)C)cc(=O)[nH]1. The van der Waals surface area contributed by atoms with Crippen LogP contribution >= 0.6 is 0 Å². The van der Waals surface area contributed by atoms with Gasteiger partial charge in [0, 0.05) is 25.3 Å². The molecule has 0 unspecified atom stereocenters. The van der Waals surface area contributed by atoms with Crippen LogP contribution < -0.4 is 10.9 Å². The molecule has 0 aromatic carbocycles. The smallest absolute Gasteiger partial charge is 0.251 e. The van der Waals surface area contributed by atoms with Crippen molar-refractivity contribution in [2.45, 2.75) is 52.3 Å². The van der Waals surface area contributed by atoms with Crippen LogP contribution in [-0.4, -0.2) is 22.6 Å². The second-order valence-electron chi connectivity index (χ2n) is 5.90. The maximum Gasteiger partial charge on any atom is 0.251 e. The lowest BCUT2D eigenvalue weighted by Gasteiger charge is -2.23. The summed E-state index contributed by atoms with van der Waals surface area (Å²) in [4.78, 5) is 18.8. The normalized spacial score (nSPS) is 12.8. The maximum absolute atomic E-state index is 11.6. The molecule has 1 aromatic rings. The first kappa shape index (κ1) is 14.9. The minimum Gasteiger partial charge on any atom is -0.371 e. The van der Waals surface area contributed by atoms with Gasteiger partial charge in [-0.1, -0.05) is 0 Å². The molecule has 102 valence electrons. The van der Waals surface area contributed by atoms with Crippen LogP contribution in [0, 0.1) is 0 Å². The van der Waals surface area contributed by atoms with Gasteiger partial charge in [-0.15, -0.1) is 0 Å². The summed E-state index contributed by atoms with van der Waals surface area (Å²) < 4.78 is 5.33. The van der Waals surface area contributed by atoms with Gasteiger partial charge >= 0.3 is 0 Å². The average Bonchev–Trinajstić information content (AvgIpc) is 2.25. The molecule has 2 N–H and O–H groups in total. The molecule has 0 saturated heterocycles. The molecule has 0 bridgehead atoms. The van der Waals surface area contributed by atoms with Crippen molar-refractivity contribution in [3.8, 4) is 0 Å². The fourth-order valence-electron chi connectivity index (χ4n) is 1.34. The second kappa shape index (κ2) is 5.20. The third-order valence-corrected chi connectivity index (χ3v) is 2.68. The Morgan fingerprint density at radius 3 is 2.44 bits per heavy atom. The third-order valence-electron chi connectivity index (χ3n) is 2.68. The molecule has 1 aromatic heterocycles. The molecular formula is C13H23N3O2. The Bertz CT molecular complexity index is 458. The average molecular weight is 253 g/mol. The zero-order chi connectivity index (χ0) is 14.0. The van der Waals surface area contributed by atoms with E-state index in [-0.39, 0.29) is 11.1 Å². The molecule has 0 fully saturated rings. The Morgan fingerprint density at radius 2 is 1.94 bits per heavy atom. The topological polar surface area (TPSA) is 67.0 Å². The van der Waals surface area contributed by atoms with Crippen molar-refractivity contribution in [2.75, 3.05) is 7.11 Å². The second-order valence-corrected chi connectivity index (χ2v) is 5.90. The first-order chi connectivity index (χ1) is 8.14. The largest absolute Gasteiger partial charge is 0.371 e. The Hall–Kier alpha value is -1.20. The van der Waals surface area contributed by atoms with Gasteiger partial charge in [0.05, 0.1) is 5.69 Å². The van der Waals surface area contributed by atoms with Crippen molar-refractivity contribution >= 4 is 0 Å². The molecule has 1 rings (SSSR count). The summed E-state index contributed by atoms with van der Waals surface area (Å²) in [5, 5.41) is 3.31. The van der Waals surface area contributed by atoms with Crippen molar-refractivity contribution in [2.24, 2.45) is 0 Å². The van der Waals surface area contributed by atoms with Crippen LogP contribution in [0.25, 0.3) is 0 Å². The molecule has 0 radical (unpaired) electrons. The van der Waals surface area contributed by atoms with Crippen molar-refractivity contribution in [1.82, 2.24) is 15.3 Å². The molecule has 0 aliphatic rings. The van der Waals surface area contributed by atoms with Crippen molar-refractivity contribution in [1.29, 1.82) is 0 Å². The van der Waals surface area contributed by atoms with Crippen LogP contribution in [0.1, 0.15) is 46.1 Å². The van der Waals surface area contributed by atoms with Gasteiger partial charge in [-0.05, 0) is 34.6 Å². The number of hydrogen-bond donors (Lipinski definition) is 2. The van der Waals surface area contributed by atoms with Gasteiger partial charge in [0.25, 0.3) is 5.56 Å². The highest BCUT2D eigenvalue weighted by Gasteiger charge is 2.23. The monoisotopic (exact) mass is 253 g/mol. The van der Waals surface area contributed by atoms with Crippen LogP contribution in [0.4, 0.5) is 0 Å². The van der Waals surface area contributed by atoms with E-state index in [1.165, 1.54) is 6.07 Å². The molecule has 0 aliphatic carbocycles. The molecule has 0 aliphatic heterocycles. The van der Waals surface area contributed by atoms with E-state index >= 15 is 0 Å². The van der Waals surface area contributed by atoms with E-state index in [4.69, 9.17) is 4.74 Å². The lowest BCUT2D eigenvalue weighted by molar-refractivity contribution is 0.0110. The first-order valence-corrected chi connectivity index (χ1v) is 6.05. The molecule has 0 saturated carbocycles. The number of nitrogens with one attached hydrogen (secondary N) is 2. The summed E-state index contributed by atoms with van der Waals surface area (Å²) in [5.74, 6) is 0.545. The van der Waals surface area contributed by atoms with Crippen LogP contribution in [-0.2, 0) is 16.9 Å². The fraction of sp³-hybridized carbons (Fsp3) is 0.692. The fourth-order valence-corrected chi connectivity index (χ4v) is 1.34. The molecule has 5 heteroatoms. The van der Waals surface area contributed by atoms with Gasteiger partial charge in [0.15, 0.2) is 0 Å². The van der Waals surface area contributed by atoms with Crippen LogP contribution in [0.5, 0.6) is 0 Å². The van der Waals surface area contributed by atoms with E-state index < -0.39 is 5.60 Å². The quantitative estimate of drug-likeness (QED) is 0.854. The first-order valence-electron chi connectivity index (χ1n) is 6.05. The number of hydrogen-bond acceptors (Lipinski definition) is 4. The van der Waals surface area contributed by atoms with Gasteiger partial charge in [0.1, 0.15) is 11.4 Å². The number of aromatic amines is 1. The van der Waals surface area contributed by atoms with E-state index in [1.54, 1.807) is 7.11 Å². The van der Waals surface area contributed by atoms with Crippen molar-refractivity contribution in [3.05, 3.63) is 27.9 Å². The van der Waals surface area contributed by atoms with Gasteiger partial charge < -0.3 is 15.0 Å². The number of aromatic nitrogens is 2. The molecule has 0 amide bonds.